The van der Waals surface area contributed by atoms with Crippen molar-refractivity contribution in [2.45, 2.75) is 13.8 Å². The number of halogens is 2. The number of hydrogen-bond acceptors (Lipinski definition) is 4. The summed E-state index contributed by atoms with van der Waals surface area (Å²) in [6.07, 6.45) is 0. The average molecular weight is 369 g/mol. The molecule has 8 heteroatoms. The Morgan fingerprint density at radius 1 is 1.17 bits per heavy atom. The summed E-state index contributed by atoms with van der Waals surface area (Å²) in [6.45, 7) is 3.26. The topological polar surface area (TPSA) is 81.5 Å². The summed E-state index contributed by atoms with van der Waals surface area (Å²) in [5, 5.41) is 14.0. The number of hydrogen-bond donors (Lipinski definition) is 1. The largest absolute Gasteiger partial charge is 0.484 e. The summed E-state index contributed by atoms with van der Waals surface area (Å²) in [5.74, 6) is 0.112. The summed E-state index contributed by atoms with van der Waals surface area (Å²) in [6, 6.07) is 7.73. The third kappa shape index (κ3) is 4.37. The molecule has 2 aromatic rings. The third-order valence-electron chi connectivity index (χ3n) is 3.26. The highest BCUT2D eigenvalue weighted by molar-refractivity contribution is 6.33. The third-order valence-corrected chi connectivity index (χ3v) is 3.99. The van der Waals surface area contributed by atoms with E-state index < -0.39 is 10.8 Å². The molecule has 2 rings (SSSR count). The van der Waals surface area contributed by atoms with Gasteiger partial charge < -0.3 is 10.1 Å². The number of carbonyl (C=O) groups is 1. The highest BCUT2D eigenvalue weighted by Crippen LogP contribution is 2.30. The number of amides is 1. The van der Waals surface area contributed by atoms with Crippen LogP contribution in [-0.4, -0.2) is 17.4 Å². The van der Waals surface area contributed by atoms with Crippen LogP contribution in [0.5, 0.6) is 5.75 Å². The van der Waals surface area contributed by atoms with Gasteiger partial charge in [-0.05, 0) is 49.2 Å². The van der Waals surface area contributed by atoms with Gasteiger partial charge in [0.2, 0.25) is 0 Å². The Bertz CT molecular complexity index is 809. The number of aryl methyl sites for hydroxylation is 2. The molecule has 0 atom stereocenters. The predicted octanol–water partition coefficient (Wildman–Crippen LogP) is 4.54. The van der Waals surface area contributed by atoms with Crippen molar-refractivity contribution in [1.29, 1.82) is 0 Å². The predicted molar refractivity (Wildman–Crippen MR) is 93.2 cm³/mol. The van der Waals surface area contributed by atoms with E-state index in [1.54, 1.807) is 25.1 Å². The Kier molecular flexibility index (Phi) is 5.64. The molecule has 0 aliphatic carbocycles. The molecular weight excluding hydrogens is 355 g/mol. The van der Waals surface area contributed by atoms with Crippen LogP contribution in [0, 0.1) is 24.0 Å². The van der Waals surface area contributed by atoms with Crippen molar-refractivity contribution in [2.75, 3.05) is 11.9 Å². The highest BCUT2D eigenvalue weighted by atomic mass is 35.5. The Balaban J connectivity index is 2.03. The fourth-order valence-corrected chi connectivity index (χ4v) is 2.33. The second kappa shape index (κ2) is 7.51. The molecular formula is C16H14Cl2N2O4. The molecule has 126 valence electrons. The van der Waals surface area contributed by atoms with Gasteiger partial charge in [-0.1, -0.05) is 23.2 Å². The molecule has 0 aliphatic heterocycles. The van der Waals surface area contributed by atoms with E-state index in [4.69, 9.17) is 27.9 Å². The SMILES string of the molecule is Cc1cc(OCC(=O)Nc2cc(Cl)c([N+](=O)[O-])cc2C)ccc1Cl. The first-order valence-corrected chi connectivity index (χ1v) is 7.67. The lowest BCUT2D eigenvalue weighted by molar-refractivity contribution is -0.384. The minimum Gasteiger partial charge on any atom is -0.484 e. The number of nitrogens with zero attached hydrogens (tertiary/aromatic N) is 1. The Morgan fingerprint density at radius 2 is 1.88 bits per heavy atom. The molecule has 0 unspecified atom stereocenters. The van der Waals surface area contributed by atoms with Gasteiger partial charge in [0.05, 0.1) is 4.92 Å². The molecule has 0 fully saturated rings. The van der Waals surface area contributed by atoms with Gasteiger partial charge in [0.15, 0.2) is 6.61 Å². The van der Waals surface area contributed by atoms with Crippen molar-refractivity contribution in [2.24, 2.45) is 0 Å². The number of benzene rings is 2. The molecule has 0 spiro atoms. The molecule has 0 radical (unpaired) electrons. The maximum atomic E-state index is 12.0. The Morgan fingerprint density at radius 3 is 2.50 bits per heavy atom. The van der Waals surface area contributed by atoms with Crippen molar-refractivity contribution in [1.82, 2.24) is 0 Å². The molecule has 1 N–H and O–H groups in total. The first kappa shape index (κ1) is 18.0. The van der Waals surface area contributed by atoms with Gasteiger partial charge in [-0.2, -0.15) is 0 Å². The van der Waals surface area contributed by atoms with Gasteiger partial charge >= 0.3 is 0 Å². The standard InChI is InChI=1S/C16H14Cl2N2O4/c1-9-5-11(3-4-12(9)17)24-8-16(21)19-14-7-13(18)15(20(22)23)6-10(14)2/h3-7H,8H2,1-2H3,(H,19,21). The van der Waals surface area contributed by atoms with Crippen LogP contribution in [-0.2, 0) is 4.79 Å². The number of anilines is 1. The fraction of sp³-hybridized carbons (Fsp3) is 0.188. The molecule has 0 saturated carbocycles. The van der Waals surface area contributed by atoms with Crippen molar-refractivity contribution in [3.05, 3.63) is 61.6 Å². The number of nitrogens with one attached hydrogen (secondary N) is 1. The summed E-state index contributed by atoms with van der Waals surface area (Å²) in [4.78, 5) is 22.2. The second-order valence-corrected chi connectivity index (χ2v) is 5.94. The van der Waals surface area contributed by atoms with Crippen LogP contribution in [0.3, 0.4) is 0 Å². The molecule has 0 aromatic heterocycles. The van der Waals surface area contributed by atoms with Crippen molar-refractivity contribution in [3.8, 4) is 5.75 Å². The number of ether oxygens (including phenoxy) is 1. The molecule has 0 bridgehead atoms. The normalized spacial score (nSPS) is 10.3. The van der Waals surface area contributed by atoms with Crippen LogP contribution < -0.4 is 10.1 Å². The molecule has 1 amide bonds. The molecule has 6 nitrogen and oxygen atoms in total. The summed E-state index contributed by atoms with van der Waals surface area (Å²) in [5.41, 5.74) is 1.56. The van der Waals surface area contributed by atoms with E-state index in [1.165, 1.54) is 12.1 Å². The number of carbonyl (C=O) groups excluding carboxylic acids is 1. The van der Waals surface area contributed by atoms with Gasteiger partial charge in [-0.3, -0.25) is 14.9 Å². The molecule has 0 aliphatic rings. The van der Waals surface area contributed by atoms with Gasteiger partial charge in [0.25, 0.3) is 11.6 Å². The zero-order chi connectivity index (χ0) is 17.9. The lowest BCUT2D eigenvalue weighted by Crippen LogP contribution is -2.20. The van der Waals surface area contributed by atoms with Gasteiger partial charge in [0, 0.05) is 16.8 Å². The first-order chi connectivity index (χ1) is 11.3. The van der Waals surface area contributed by atoms with Gasteiger partial charge in [0.1, 0.15) is 10.8 Å². The molecule has 2 aromatic carbocycles. The number of nitro benzene ring substituents is 1. The summed E-state index contributed by atoms with van der Waals surface area (Å²) >= 11 is 11.8. The fourth-order valence-electron chi connectivity index (χ4n) is 1.98. The van der Waals surface area contributed by atoms with E-state index in [9.17, 15) is 14.9 Å². The number of rotatable bonds is 5. The van der Waals surface area contributed by atoms with Crippen LogP contribution in [0.2, 0.25) is 10.0 Å². The molecule has 0 saturated heterocycles. The van der Waals surface area contributed by atoms with E-state index in [0.717, 1.165) is 5.56 Å². The smallest absolute Gasteiger partial charge is 0.288 e. The average Bonchev–Trinajstić information content (AvgIpc) is 2.51. The van der Waals surface area contributed by atoms with Crippen LogP contribution in [0.1, 0.15) is 11.1 Å². The van der Waals surface area contributed by atoms with E-state index in [0.29, 0.717) is 22.0 Å². The maximum absolute atomic E-state index is 12.0. The van der Waals surface area contributed by atoms with Crippen LogP contribution >= 0.6 is 23.2 Å². The lowest BCUT2D eigenvalue weighted by atomic mass is 10.1. The van der Waals surface area contributed by atoms with E-state index >= 15 is 0 Å². The first-order valence-electron chi connectivity index (χ1n) is 6.91. The van der Waals surface area contributed by atoms with Gasteiger partial charge in [-0.25, -0.2) is 0 Å². The molecule has 0 heterocycles. The minimum absolute atomic E-state index is 0.0462. The minimum atomic E-state index is -0.576. The molecule has 24 heavy (non-hydrogen) atoms. The van der Waals surface area contributed by atoms with E-state index in [1.807, 2.05) is 6.92 Å². The maximum Gasteiger partial charge on any atom is 0.288 e. The van der Waals surface area contributed by atoms with Crippen molar-refractivity contribution >= 4 is 40.5 Å². The quantitative estimate of drug-likeness (QED) is 0.620. The lowest BCUT2D eigenvalue weighted by Gasteiger charge is -2.11. The van der Waals surface area contributed by atoms with Crippen LogP contribution in [0.15, 0.2) is 30.3 Å². The monoisotopic (exact) mass is 368 g/mol. The van der Waals surface area contributed by atoms with Crippen LogP contribution in [0.4, 0.5) is 11.4 Å². The summed E-state index contributed by atoms with van der Waals surface area (Å²) < 4.78 is 5.40. The van der Waals surface area contributed by atoms with E-state index in [2.05, 4.69) is 5.32 Å². The van der Waals surface area contributed by atoms with Crippen molar-refractivity contribution in [3.63, 3.8) is 0 Å². The highest BCUT2D eigenvalue weighted by Gasteiger charge is 2.16. The van der Waals surface area contributed by atoms with E-state index in [-0.39, 0.29) is 17.3 Å². The summed E-state index contributed by atoms with van der Waals surface area (Å²) in [7, 11) is 0. The zero-order valence-electron chi connectivity index (χ0n) is 12.9. The second-order valence-electron chi connectivity index (χ2n) is 5.12. The Hall–Kier alpha value is -2.31. The van der Waals surface area contributed by atoms with Crippen molar-refractivity contribution < 1.29 is 14.5 Å². The Labute approximate surface area is 148 Å². The number of nitro groups is 1. The van der Waals surface area contributed by atoms with Crippen LogP contribution in [0.25, 0.3) is 0 Å². The zero-order valence-corrected chi connectivity index (χ0v) is 14.4. The van der Waals surface area contributed by atoms with Gasteiger partial charge in [-0.15, -0.1) is 0 Å².